The van der Waals surface area contributed by atoms with Gasteiger partial charge >= 0.3 is 0 Å². The molecule has 0 amide bonds. The molecule has 2 rings (SSSR count). The molecule has 0 unspecified atom stereocenters. The first kappa shape index (κ1) is 12.1. The molecule has 2 N–H and O–H groups in total. The second-order valence-corrected chi connectivity index (χ2v) is 4.34. The number of halogens is 2. The SMILES string of the molecule is NCc1ccccc1Oc1ccc(F)c(Br)c1. The highest BCUT2D eigenvalue weighted by Crippen LogP contribution is 2.28. The van der Waals surface area contributed by atoms with Crippen LogP contribution in [0.15, 0.2) is 46.9 Å². The van der Waals surface area contributed by atoms with E-state index in [1.807, 2.05) is 24.3 Å². The largest absolute Gasteiger partial charge is 0.457 e. The number of para-hydroxylation sites is 1. The zero-order valence-corrected chi connectivity index (χ0v) is 10.6. The van der Waals surface area contributed by atoms with Crippen LogP contribution in [0.4, 0.5) is 4.39 Å². The van der Waals surface area contributed by atoms with Gasteiger partial charge in [0.05, 0.1) is 4.47 Å². The van der Waals surface area contributed by atoms with Crippen molar-refractivity contribution >= 4 is 15.9 Å². The molecule has 0 spiro atoms. The molecule has 0 saturated heterocycles. The smallest absolute Gasteiger partial charge is 0.137 e. The second-order valence-electron chi connectivity index (χ2n) is 3.49. The van der Waals surface area contributed by atoms with Gasteiger partial charge in [0, 0.05) is 12.1 Å². The molecule has 0 bridgehead atoms. The molecule has 0 radical (unpaired) electrons. The fraction of sp³-hybridized carbons (Fsp3) is 0.0769. The van der Waals surface area contributed by atoms with Crippen molar-refractivity contribution < 1.29 is 9.13 Å². The van der Waals surface area contributed by atoms with Crippen molar-refractivity contribution in [3.63, 3.8) is 0 Å². The summed E-state index contributed by atoms with van der Waals surface area (Å²) in [6.45, 7) is 0.401. The average Bonchev–Trinajstić information content (AvgIpc) is 2.34. The van der Waals surface area contributed by atoms with Gasteiger partial charge in [-0.3, -0.25) is 0 Å². The van der Waals surface area contributed by atoms with Gasteiger partial charge in [0.15, 0.2) is 0 Å². The van der Waals surface area contributed by atoms with Crippen molar-refractivity contribution in [1.29, 1.82) is 0 Å². The van der Waals surface area contributed by atoms with E-state index < -0.39 is 0 Å². The van der Waals surface area contributed by atoms with Gasteiger partial charge in [0.25, 0.3) is 0 Å². The standard InChI is InChI=1S/C13H11BrFNO/c14-11-7-10(5-6-12(11)15)17-13-4-2-1-3-9(13)8-16/h1-7H,8,16H2. The van der Waals surface area contributed by atoms with E-state index in [0.717, 1.165) is 5.56 Å². The lowest BCUT2D eigenvalue weighted by molar-refractivity contribution is 0.474. The Morgan fingerprint density at radius 1 is 1.18 bits per heavy atom. The fourth-order valence-electron chi connectivity index (χ4n) is 1.44. The van der Waals surface area contributed by atoms with Crippen molar-refractivity contribution in [1.82, 2.24) is 0 Å². The molecular weight excluding hydrogens is 285 g/mol. The molecular formula is C13H11BrFNO. The third kappa shape index (κ3) is 2.84. The van der Waals surface area contributed by atoms with E-state index >= 15 is 0 Å². The highest BCUT2D eigenvalue weighted by atomic mass is 79.9. The van der Waals surface area contributed by atoms with Crippen molar-refractivity contribution in [2.45, 2.75) is 6.54 Å². The lowest BCUT2D eigenvalue weighted by Crippen LogP contribution is -1.99. The van der Waals surface area contributed by atoms with Crippen molar-refractivity contribution in [2.24, 2.45) is 5.73 Å². The second kappa shape index (κ2) is 5.29. The number of ether oxygens (including phenoxy) is 1. The molecule has 2 nitrogen and oxygen atoms in total. The molecule has 0 fully saturated rings. The van der Waals surface area contributed by atoms with Crippen LogP contribution in [-0.4, -0.2) is 0 Å². The minimum absolute atomic E-state index is 0.315. The maximum atomic E-state index is 13.1. The maximum Gasteiger partial charge on any atom is 0.137 e. The predicted octanol–water partition coefficient (Wildman–Crippen LogP) is 3.84. The van der Waals surface area contributed by atoms with Crippen LogP contribution in [0.25, 0.3) is 0 Å². The summed E-state index contributed by atoms with van der Waals surface area (Å²) in [5, 5.41) is 0. The third-order valence-electron chi connectivity index (χ3n) is 2.31. The van der Waals surface area contributed by atoms with Crippen LogP contribution in [0.1, 0.15) is 5.56 Å². The van der Waals surface area contributed by atoms with E-state index in [4.69, 9.17) is 10.5 Å². The Morgan fingerprint density at radius 3 is 2.65 bits per heavy atom. The van der Waals surface area contributed by atoms with Crippen LogP contribution in [0.2, 0.25) is 0 Å². The van der Waals surface area contributed by atoms with Crippen LogP contribution in [0.5, 0.6) is 11.5 Å². The van der Waals surface area contributed by atoms with E-state index in [0.29, 0.717) is 22.5 Å². The first-order valence-electron chi connectivity index (χ1n) is 5.11. The highest BCUT2D eigenvalue weighted by molar-refractivity contribution is 9.10. The van der Waals surface area contributed by atoms with E-state index in [9.17, 15) is 4.39 Å². The molecule has 88 valence electrons. The summed E-state index contributed by atoms with van der Waals surface area (Å²) in [6.07, 6.45) is 0. The minimum atomic E-state index is -0.315. The quantitative estimate of drug-likeness (QED) is 0.934. The number of rotatable bonds is 3. The van der Waals surface area contributed by atoms with Crippen LogP contribution in [0, 0.1) is 5.82 Å². The number of nitrogens with two attached hydrogens (primary N) is 1. The van der Waals surface area contributed by atoms with Crippen molar-refractivity contribution in [3.8, 4) is 11.5 Å². The van der Waals surface area contributed by atoms with Gasteiger partial charge in [0.1, 0.15) is 17.3 Å². The molecule has 4 heteroatoms. The minimum Gasteiger partial charge on any atom is -0.457 e. The number of hydrogen-bond donors (Lipinski definition) is 1. The van der Waals surface area contributed by atoms with E-state index in [2.05, 4.69) is 15.9 Å². The van der Waals surface area contributed by atoms with Gasteiger partial charge in [-0.25, -0.2) is 4.39 Å². The van der Waals surface area contributed by atoms with E-state index in [-0.39, 0.29) is 5.82 Å². The Kier molecular flexibility index (Phi) is 3.76. The normalized spacial score (nSPS) is 10.3. The van der Waals surface area contributed by atoms with E-state index in [1.54, 1.807) is 12.1 Å². The predicted molar refractivity (Wildman–Crippen MR) is 68.5 cm³/mol. The van der Waals surface area contributed by atoms with Crippen LogP contribution in [0.3, 0.4) is 0 Å². The average molecular weight is 296 g/mol. The van der Waals surface area contributed by atoms with Crippen LogP contribution >= 0.6 is 15.9 Å². The molecule has 0 aromatic heterocycles. The Hall–Kier alpha value is -1.39. The Balaban J connectivity index is 2.28. The molecule has 2 aromatic carbocycles. The number of hydrogen-bond acceptors (Lipinski definition) is 2. The summed E-state index contributed by atoms with van der Waals surface area (Å²) < 4.78 is 19.1. The maximum absolute atomic E-state index is 13.1. The van der Waals surface area contributed by atoms with Crippen molar-refractivity contribution in [2.75, 3.05) is 0 Å². The van der Waals surface area contributed by atoms with Crippen LogP contribution < -0.4 is 10.5 Å². The zero-order valence-electron chi connectivity index (χ0n) is 8.99. The lowest BCUT2D eigenvalue weighted by atomic mass is 10.2. The zero-order chi connectivity index (χ0) is 12.3. The van der Waals surface area contributed by atoms with Crippen molar-refractivity contribution in [3.05, 3.63) is 58.3 Å². The van der Waals surface area contributed by atoms with Gasteiger partial charge in [0.2, 0.25) is 0 Å². The summed E-state index contributed by atoms with van der Waals surface area (Å²) >= 11 is 3.12. The molecule has 0 saturated carbocycles. The van der Waals surface area contributed by atoms with Gasteiger partial charge in [-0.1, -0.05) is 18.2 Å². The Labute approximate surface area is 107 Å². The molecule has 2 aromatic rings. The van der Waals surface area contributed by atoms with Gasteiger partial charge in [-0.15, -0.1) is 0 Å². The third-order valence-corrected chi connectivity index (χ3v) is 2.92. The molecule has 17 heavy (non-hydrogen) atoms. The number of benzene rings is 2. The highest BCUT2D eigenvalue weighted by Gasteiger charge is 2.05. The lowest BCUT2D eigenvalue weighted by Gasteiger charge is -2.10. The van der Waals surface area contributed by atoms with Gasteiger partial charge in [-0.05, 0) is 40.2 Å². The molecule has 0 atom stereocenters. The van der Waals surface area contributed by atoms with Crippen LogP contribution in [-0.2, 0) is 6.54 Å². The molecule has 0 aliphatic heterocycles. The Morgan fingerprint density at radius 2 is 1.94 bits per heavy atom. The summed E-state index contributed by atoms with van der Waals surface area (Å²) in [5.41, 5.74) is 6.52. The first-order chi connectivity index (χ1) is 8.20. The molecule has 0 heterocycles. The summed E-state index contributed by atoms with van der Waals surface area (Å²) in [5.74, 6) is 0.942. The summed E-state index contributed by atoms with van der Waals surface area (Å²) in [4.78, 5) is 0. The molecule has 0 aliphatic carbocycles. The molecule has 0 aliphatic rings. The topological polar surface area (TPSA) is 35.2 Å². The first-order valence-corrected chi connectivity index (χ1v) is 5.91. The van der Waals surface area contributed by atoms with E-state index in [1.165, 1.54) is 6.07 Å². The fourth-order valence-corrected chi connectivity index (χ4v) is 1.80. The van der Waals surface area contributed by atoms with Gasteiger partial charge in [-0.2, -0.15) is 0 Å². The summed E-state index contributed by atoms with van der Waals surface area (Å²) in [6, 6.07) is 12.0. The summed E-state index contributed by atoms with van der Waals surface area (Å²) in [7, 11) is 0. The Bertz CT molecular complexity index is 531. The monoisotopic (exact) mass is 295 g/mol. The van der Waals surface area contributed by atoms with Gasteiger partial charge < -0.3 is 10.5 Å².